The standard InChI is InChI=1S/C9H5FN2OS/c10-7-3-1-6(2-4-7)9-8(5-13)14-12-11-9/h1-5H. The van der Waals surface area contributed by atoms with Crippen molar-refractivity contribution < 1.29 is 9.18 Å². The first kappa shape index (κ1) is 8.96. The monoisotopic (exact) mass is 208 g/mol. The summed E-state index contributed by atoms with van der Waals surface area (Å²) in [5, 5.41) is 3.80. The van der Waals surface area contributed by atoms with Gasteiger partial charge in [0.15, 0.2) is 6.29 Å². The molecule has 2 rings (SSSR count). The van der Waals surface area contributed by atoms with Crippen LogP contribution in [0.1, 0.15) is 9.67 Å². The van der Waals surface area contributed by atoms with Crippen molar-refractivity contribution in [3.05, 3.63) is 35.0 Å². The van der Waals surface area contributed by atoms with Gasteiger partial charge in [0.25, 0.3) is 0 Å². The molecule has 0 aliphatic rings. The first-order valence-corrected chi connectivity index (χ1v) is 4.62. The van der Waals surface area contributed by atoms with Crippen molar-refractivity contribution in [3.8, 4) is 11.3 Å². The van der Waals surface area contributed by atoms with Crippen LogP contribution in [0, 0.1) is 5.82 Å². The molecule has 1 aromatic carbocycles. The van der Waals surface area contributed by atoms with Gasteiger partial charge in [-0.05, 0) is 35.8 Å². The smallest absolute Gasteiger partial charge is 0.163 e. The molecule has 0 amide bonds. The Morgan fingerprint density at radius 2 is 2.00 bits per heavy atom. The highest BCUT2D eigenvalue weighted by molar-refractivity contribution is 7.07. The molecule has 0 atom stereocenters. The zero-order chi connectivity index (χ0) is 9.97. The Morgan fingerprint density at radius 3 is 2.64 bits per heavy atom. The lowest BCUT2D eigenvalue weighted by molar-refractivity contribution is 0.112. The summed E-state index contributed by atoms with van der Waals surface area (Å²) >= 11 is 1.03. The van der Waals surface area contributed by atoms with Crippen LogP contribution >= 0.6 is 11.5 Å². The van der Waals surface area contributed by atoms with E-state index < -0.39 is 0 Å². The zero-order valence-electron chi connectivity index (χ0n) is 6.98. The fourth-order valence-electron chi connectivity index (χ4n) is 1.08. The fraction of sp³-hybridized carbons (Fsp3) is 0. The summed E-state index contributed by atoms with van der Waals surface area (Å²) in [4.78, 5) is 11.0. The summed E-state index contributed by atoms with van der Waals surface area (Å²) in [6.07, 6.45) is 0.698. The molecule has 14 heavy (non-hydrogen) atoms. The minimum atomic E-state index is -0.315. The van der Waals surface area contributed by atoms with Crippen LogP contribution in [-0.4, -0.2) is 15.9 Å². The fourth-order valence-corrected chi connectivity index (χ4v) is 1.58. The highest BCUT2D eigenvalue weighted by atomic mass is 32.1. The van der Waals surface area contributed by atoms with Crippen LogP contribution in [-0.2, 0) is 0 Å². The van der Waals surface area contributed by atoms with Crippen molar-refractivity contribution in [2.75, 3.05) is 0 Å². The van der Waals surface area contributed by atoms with E-state index in [0.29, 0.717) is 22.4 Å². The van der Waals surface area contributed by atoms with E-state index in [2.05, 4.69) is 9.59 Å². The average Bonchev–Trinajstić information content (AvgIpc) is 2.67. The number of benzene rings is 1. The summed E-state index contributed by atoms with van der Waals surface area (Å²) in [6.45, 7) is 0. The van der Waals surface area contributed by atoms with Crippen LogP contribution in [0.4, 0.5) is 4.39 Å². The number of aldehydes is 1. The second kappa shape index (κ2) is 3.63. The van der Waals surface area contributed by atoms with E-state index in [9.17, 15) is 9.18 Å². The number of carbonyl (C=O) groups excluding carboxylic acids is 1. The van der Waals surface area contributed by atoms with Gasteiger partial charge in [0.05, 0.1) is 0 Å². The number of halogens is 1. The van der Waals surface area contributed by atoms with Gasteiger partial charge in [0.1, 0.15) is 16.4 Å². The van der Waals surface area contributed by atoms with Crippen molar-refractivity contribution in [1.82, 2.24) is 9.59 Å². The minimum absolute atomic E-state index is 0.315. The normalized spacial score (nSPS) is 10.1. The highest BCUT2D eigenvalue weighted by Crippen LogP contribution is 2.22. The first-order chi connectivity index (χ1) is 6.81. The molecule has 0 aliphatic heterocycles. The molecular weight excluding hydrogens is 203 g/mol. The number of hydrogen-bond acceptors (Lipinski definition) is 4. The maximum Gasteiger partial charge on any atom is 0.163 e. The molecule has 5 heteroatoms. The molecular formula is C9H5FN2OS. The van der Waals surface area contributed by atoms with Crippen molar-refractivity contribution >= 4 is 17.8 Å². The van der Waals surface area contributed by atoms with E-state index in [1.54, 1.807) is 12.1 Å². The maximum absolute atomic E-state index is 12.6. The molecule has 1 heterocycles. The van der Waals surface area contributed by atoms with Crippen LogP contribution in [0.15, 0.2) is 24.3 Å². The van der Waals surface area contributed by atoms with Gasteiger partial charge in [0.2, 0.25) is 0 Å². The topological polar surface area (TPSA) is 42.9 Å². The van der Waals surface area contributed by atoms with Gasteiger partial charge < -0.3 is 0 Å². The van der Waals surface area contributed by atoms with Gasteiger partial charge in [-0.2, -0.15) is 0 Å². The van der Waals surface area contributed by atoms with E-state index in [4.69, 9.17) is 0 Å². The lowest BCUT2D eigenvalue weighted by Gasteiger charge is -1.95. The van der Waals surface area contributed by atoms with Crippen molar-refractivity contribution in [2.24, 2.45) is 0 Å². The molecule has 0 saturated carbocycles. The summed E-state index contributed by atoms with van der Waals surface area (Å²) in [5.41, 5.74) is 1.20. The van der Waals surface area contributed by atoms with Crippen LogP contribution in [0.5, 0.6) is 0 Å². The largest absolute Gasteiger partial charge is 0.297 e. The third kappa shape index (κ3) is 1.54. The lowest BCUT2D eigenvalue weighted by Crippen LogP contribution is -1.83. The Morgan fingerprint density at radius 1 is 1.29 bits per heavy atom. The second-order valence-corrected chi connectivity index (χ2v) is 3.40. The van der Waals surface area contributed by atoms with Crippen LogP contribution in [0.25, 0.3) is 11.3 Å². The SMILES string of the molecule is O=Cc1snnc1-c1ccc(F)cc1. The summed E-state index contributed by atoms with van der Waals surface area (Å²) in [6, 6.07) is 5.78. The predicted octanol–water partition coefficient (Wildman–Crippen LogP) is 2.16. The molecule has 0 fully saturated rings. The zero-order valence-corrected chi connectivity index (χ0v) is 7.79. The average molecular weight is 208 g/mol. The lowest BCUT2D eigenvalue weighted by atomic mass is 10.1. The number of nitrogens with zero attached hydrogens (tertiary/aromatic N) is 2. The van der Waals surface area contributed by atoms with E-state index in [1.165, 1.54) is 12.1 Å². The Balaban J connectivity index is 2.49. The molecule has 0 aliphatic carbocycles. The molecule has 2 aromatic rings. The van der Waals surface area contributed by atoms with Gasteiger partial charge >= 0.3 is 0 Å². The highest BCUT2D eigenvalue weighted by Gasteiger charge is 2.08. The minimum Gasteiger partial charge on any atom is -0.297 e. The van der Waals surface area contributed by atoms with Crippen LogP contribution in [0.2, 0.25) is 0 Å². The van der Waals surface area contributed by atoms with Gasteiger partial charge in [-0.1, -0.05) is 4.49 Å². The number of carbonyl (C=O) groups is 1. The van der Waals surface area contributed by atoms with E-state index in [-0.39, 0.29) is 5.82 Å². The quantitative estimate of drug-likeness (QED) is 0.710. The Kier molecular flexibility index (Phi) is 2.32. The van der Waals surface area contributed by atoms with Crippen molar-refractivity contribution in [1.29, 1.82) is 0 Å². The van der Waals surface area contributed by atoms with Crippen molar-refractivity contribution in [3.63, 3.8) is 0 Å². The molecule has 1 aromatic heterocycles. The summed E-state index contributed by atoms with van der Waals surface area (Å²) < 4.78 is 16.3. The second-order valence-electron chi connectivity index (χ2n) is 2.61. The summed E-state index contributed by atoms with van der Waals surface area (Å²) in [7, 11) is 0. The van der Waals surface area contributed by atoms with Crippen LogP contribution in [0.3, 0.4) is 0 Å². The number of rotatable bonds is 2. The van der Waals surface area contributed by atoms with Gasteiger partial charge in [-0.25, -0.2) is 4.39 Å². The van der Waals surface area contributed by atoms with Crippen molar-refractivity contribution in [2.45, 2.75) is 0 Å². The third-order valence-corrected chi connectivity index (χ3v) is 2.39. The van der Waals surface area contributed by atoms with Gasteiger partial charge in [-0.3, -0.25) is 4.79 Å². The molecule has 0 saturated heterocycles. The van der Waals surface area contributed by atoms with E-state index in [0.717, 1.165) is 11.5 Å². The Labute approximate surface area is 83.4 Å². The molecule has 0 spiro atoms. The molecule has 0 N–H and O–H groups in total. The molecule has 0 radical (unpaired) electrons. The predicted molar refractivity (Wildman–Crippen MR) is 50.7 cm³/mol. The number of hydrogen-bond donors (Lipinski definition) is 0. The Hall–Kier alpha value is -1.62. The van der Waals surface area contributed by atoms with E-state index >= 15 is 0 Å². The molecule has 0 unspecified atom stereocenters. The van der Waals surface area contributed by atoms with Crippen LogP contribution < -0.4 is 0 Å². The van der Waals surface area contributed by atoms with E-state index in [1.807, 2.05) is 0 Å². The summed E-state index contributed by atoms with van der Waals surface area (Å²) in [5.74, 6) is -0.315. The van der Waals surface area contributed by atoms with Gasteiger partial charge in [-0.15, -0.1) is 5.10 Å². The Bertz CT molecular complexity index is 452. The number of aromatic nitrogens is 2. The molecule has 0 bridgehead atoms. The third-order valence-electron chi connectivity index (χ3n) is 1.74. The maximum atomic E-state index is 12.6. The molecule has 70 valence electrons. The molecule has 3 nitrogen and oxygen atoms in total. The first-order valence-electron chi connectivity index (χ1n) is 3.85. The van der Waals surface area contributed by atoms with Gasteiger partial charge in [0, 0.05) is 5.56 Å².